The lowest BCUT2D eigenvalue weighted by Crippen LogP contribution is -2.44. The highest BCUT2D eigenvalue weighted by Gasteiger charge is 2.30. The summed E-state index contributed by atoms with van der Waals surface area (Å²) in [6.07, 6.45) is 3.82. The summed E-state index contributed by atoms with van der Waals surface area (Å²) in [5.74, 6) is 1.17. The summed E-state index contributed by atoms with van der Waals surface area (Å²) in [4.78, 5) is 0. The zero-order valence-electron chi connectivity index (χ0n) is 10.4. The minimum Gasteiger partial charge on any atom is -0.396 e. The van der Waals surface area contributed by atoms with Gasteiger partial charge in [-0.3, -0.25) is 0 Å². The van der Waals surface area contributed by atoms with Gasteiger partial charge in [0.05, 0.1) is 13.2 Å². The van der Waals surface area contributed by atoms with Gasteiger partial charge in [0.25, 0.3) is 0 Å². The van der Waals surface area contributed by atoms with E-state index in [4.69, 9.17) is 0 Å². The Balaban J connectivity index is 2.36. The maximum atomic E-state index is 9.22. The fraction of sp³-hybridized carbons (Fsp3) is 1.00. The first-order chi connectivity index (χ1) is 7.65. The summed E-state index contributed by atoms with van der Waals surface area (Å²) in [6, 6.07) is 0.558. The summed E-state index contributed by atoms with van der Waals surface area (Å²) in [7, 11) is 0. The quantitative estimate of drug-likeness (QED) is 0.633. The third kappa shape index (κ3) is 3.91. The Morgan fingerprint density at radius 3 is 2.56 bits per heavy atom. The first-order valence-corrected chi connectivity index (χ1v) is 7.27. The molecule has 0 aromatic rings. The van der Waals surface area contributed by atoms with Gasteiger partial charge >= 0.3 is 0 Å². The van der Waals surface area contributed by atoms with Crippen molar-refractivity contribution >= 4 is 11.8 Å². The molecule has 1 aliphatic carbocycles. The normalized spacial score (nSPS) is 26.2. The van der Waals surface area contributed by atoms with Crippen LogP contribution < -0.4 is 5.32 Å². The van der Waals surface area contributed by atoms with Crippen molar-refractivity contribution in [2.24, 2.45) is 5.41 Å². The van der Waals surface area contributed by atoms with Gasteiger partial charge in [0.15, 0.2) is 0 Å². The van der Waals surface area contributed by atoms with E-state index < -0.39 is 0 Å². The first kappa shape index (κ1) is 14.3. The third-order valence-corrected chi connectivity index (χ3v) is 4.71. The van der Waals surface area contributed by atoms with Gasteiger partial charge < -0.3 is 15.5 Å². The molecule has 0 spiro atoms. The average Bonchev–Trinajstić information content (AvgIpc) is 2.74. The predicted octanol–water partition coefficient (Wildman–Crippen LogP) is 1.24. The number of nitrogens with one attached hydrogen (secondary N) is 1. The number of rotatable bonds is 7. The van der Waals surface area contributed by atoms with Crippen LogP contribution in [-0.2, 0) is 0 Å². The Labute approximate surface area is 103 Å². The van der Waals surface area contributed by atoms with E-state index in [1.165, 1.54) is 25.0 Å². The second-order valence-corrected chi connectivity index (χ2v) is 6.56. The van der Waals surface area contributed by atoms with Crippen LogP contribution in [0.4, 0.5) is 0 Å². The van der Waals surface area contributed by atoms with Gasteiger partial charge in [-0.15, -0.1) is 0 Å². The zero-order valence-corrected chi connectivity index (χ0v) is 11.2. The van der Waals surface area contributed by atoms with E-state index in [-0.39, 0.29) is 18.6 Å². The Hall–Kier alpha value is 0.230. The highest BCUT2D eigenvalue weighted by Crippen LogP contribution is 2.30. The van der Waals surface area contributed by atoms with E-state index in [1.54, 1.807) is 0 Å². The van der Waals surface area contributed by atoms with Crippen molar-refractivity contribution in [2.75, 3.05) is 25.5 Å². The molecule has 2 unspecified atom stereocenters. The first-order valence-electron chi connectivity index (χ1n) is 6.22. The second kappa shape index (κ2) is 6.84. The fourth-order valence-corrected chi connectivity index (χ4v) is 3.34. The van der Waals surface area contributed by atoms with Crippen LogP contribution in [0.3, 0.4) is 0 Å². The molecule has 0 aromatic carbocycles. The topological polar surface area (TPSA) is 52.5 Å². The van der Waals surface area contributed by atoms with Crippen LogP contribution in [0, 0.1) is 5.41 Å². The maximum absolute atomic E-state index is 9.22. The van der Waals surface area contributed by atoms with Crippen LogP contribution in [-0.4, -0.2) is 47.0 Å². The van der Waals surface area contributed by atoms with Crippen LogP contribution >= 0.6 is 11.8 Å². The summed E-state index contributed by atoms with van der Waals surface area (Å²) in [5.41, 5.74) is -0.385. The van der Waals surface area contributed by atoms with E-state index in [9.17, 15) is 10.2 Å². The van der Waals surface area contributed by atoms with E-state index in [0.29, 0.717) is 17.8 Å². The van der Waals surface area contributed by atoms with Crippen molar-refractivity contribution in [1.82, 2.24) is 5.32 Å². The monoisotopic (exact) mass is 247 g/mol. The van der Waals surface area contributed by atoms with Gasteiger partial charge in [0.1, 0.15) is 0 Å². The molecule has 3 nitrogen and oxygen atoms in total. The van der Waals surface area contributed by atoms with Crippen LogP contribution in [0.15, 0.2) is 0 Å². The van der Waals surface area contributed by atoms with Crippen molar-refractivity contribution in [3.8, 4) is 0 Å². The molecule has 1 aliphatic rings. The molecule has 0 radical (unpaired) electrons. The van der Waals surface area contributed by atoms with Crippen molar-refractivity contribution in [3.63, 3.8) is 0 Å². The highest BCUT2D eigenvalue weighted by atomic mass is 32.2. The molecule has 3 N–H and O–H groups in total. The zero-order chi connectivity index (χ0) is 12.0. The van der Waals surface area contributed by atoms with E-state index in [2.05, 4.69) is 12.2 Å². The van der Waals surface area contributed by atoms with Crippen molar-refractivity contribution in [1.29, 1.82) is 0 Å². The van der Waals surface area contributed by atoms with Gasteiger partial charge in [0, 0.05) is 23.3 Å². The molecule has 0 bridgehead atoms. The second-order valence-electron chi connectivity index (χ2n) is 5.04. The number of thioether (sulfide) groups is 1. The minimum atomic E-state index is -0.385. The van der Waals surface area contributed by atoms with E-state index in [1.807, 2.05) is 18.7 Å². The Morgan fingerprint density at radius 2 is 2.00 bits per heavy atom. The number of hydrogen-bond acceptors (Lipinski definition) is 4. The molecular weight excluding hydrogens is 222 g/mol. The molecule has 0 heterocycles. The minimum absolute atomic E-state index is 0.0365. The van der Waals surface area contributed by atoms with Crippen LogP contribution in [0.25, 0.3) is 0 Å². The molecule has 2 atom stereocenters. The third-order valence-electron chi connectivity index (χ3n) is 3.39. The van der Waals surface area contributed by atoms with Crippen molar-refractivity contribution in [2.45, 2.75) is 44.4 Å². The molecule has 0 amide bonds. The predicted molar refractivity (Wildman–Crippen MR) is 69.8 cm³/mol. The largest absolute Gasteiger partial charge is 0.396 e. The molecule has 16 heavy (non-hydrogen) atoms. The van der Waals surface area contributed by atoms with Crippen LogP contribution in [0.2, 0.25) is 0 Å². The highest BCUT2D eigenvalue weighted by molar-refractivity contribution is 7.99. The number of hydrogen-bond donors (Lipinski definition) is 3. The lowest BCUT2D eigenvalue weighted by molar-refractivity contribution is 0.0676. The lowest BCUT2D eigenvalue weighted by Gasteiger charge is -2.29. The summed E-state index contributed by atoms with van der Waals surface area (Å²) >= 11 is 2.03. The van der Waals surface area contributed by atoms with Gasteiger partial charge in [-0.05, 0) is 18.6 Å². The van der Waals surface area contributed by atoms with Crippen LogP contribution in [0.1, 0.15) is 33.1 Å². The summed E-state index contributed by atoms with van der Waals surface area (Å²) in [5, 5.41) is 22.7. The standard InChI is InChI=1S/C12H25NO2S/c1-3-16-11-6-4-5-10(11)13-7-12(2,8-14)9-15/h10-11,13-15H,3-9H2,1-2H3. The Kier molecular flexibility index (Phi) is 6.11. The van der Waals surface area contributed by atoms with E-state index in [0.717, 1.165) is 0 Å². The molecule has 0 aliphatic heterocycles. The smallest absolute Gasteiger partial charge is 0.0518 e. The molecule has 1 rings (SSSR count). The molecule has 0 saturated heterocycles. The molecule has 96 valence electrons. The van der Waals surface area contributed by atoms with Gasteiger partial charge in [-0.2, -0.15) is 11.8 Å². The molecule has 0 aromatic heterocycles. The van der Waals surface area contributed by atoms with Gasteiger partial charge in [-0.1, -0.05) is 20.3 Å². The Morgan fingerprint density at radius 1 is 1.31 bits per heavy atom. The average molecular weight is 247 g/mol. The summed E-state index contributed by atoms with van der Waals surface area (Å²) < 4.78 is 0. The van der Waals surface area contributed by atoms with Gasteiger partial charge in [0.2, 0.25) is 0 Å². The molecular formula is C12H25NO2S. The van der Waals surface area contributed by atoms with Crippen molar-refractivity contribution < 1.29 is 10.2 Å². The Bertz CT molecular complexity index is 197. The summed E-state index contributed by atoms with van der Waals surface area (Å²) in [6.45, 7) is 4.89. The number of aliphatic hydroxyl groups excluding tert-OH is 2. The van der Waals surface area contributed by atoms with Crippen molar-refractivity contribution in [3.05, 3.63) is 0 Å². The fourth-order valence-electron chi connectivity index (χ4n) is 2.11. The molecule has 1 fully saturated rings. The maximum Gasteiger partial charge on any atom is 0.0518 e. The molecule has 4 heteroatoms. The van der Waals surface area contributed by atoms with E-state index >= 15 is 0 Å². The number of aliphatic hydroxyl groups is 2. The lowest BCUT2D eigenvalue weighted by atomic mass is 9.92. The van der Waals surface area contributed by atoms with Gasteiger partial charge in [-0.25, -0.2) is 0 Å². The molecule has 1 saturated carbocycles. The SMILES string of the molecule is CCSC1CCCC1NCC(C)(CO)CO. The van der Waals surface area contributed by atoms with Crippen LogP contribution in [0.5, 0.6) is 0 Å².